The Balaban J connectivity index is 0.00000567. The topological polar surface area (TPSA) is 39.9 Å². The summed E-state index contributed by atoms with van der Waals surface area (Å²) in [5.74, 6) is 1.81. The molecular formula is C61H49N3OPtS. The fourth-order valence-electron chi connectivity index (χ4n) is 9.05. The number of benzene rings is 7. The number of aromatic nitrogens is 3. The first-order valence-electron chi connectivity index (χ1n) is 23.9. The molecule has 11 aromatic rings. The minimum Gasteiger partial charge on any atom is -0.503 e. The van der Waals surface area contributed by atoms with Gasteiger partial charge in [0.15, 0.2) is 0 Å². The van der Waals surface area contributed by atoms with Gasteiger partial charge < -0.3 is 14.3 Å². The van der Waals surface area contributed by atoms with E-state index in [4.69, 9.17) is 18.8 Å². The largest absolute Gasteiger partial charge is 2.00 e. The van der Waals surface area contributed by atoms with E-state index >= 15 is 0 Å². The van der Waals surface area contributed by atoms with Gasteiger partial charge in [-0.2, -0.15) is 17.4 Å². The summed E-state index contributed by atoms with van der Waals surface area (Å²) in [6.45, 7) is 11.0. The van der Waals surface area contributed by atoms with Gasteiger partial charge in [-0.15, -0.1) is 23.1 Å². The van der Waals surface area contributed by atoms with Crippen LogP contribution in [0.15, 0.2) is 170 Å². The van der Waals surface area contributed by atoms with Crippen molar-refractivity contribution in [3.05, 3.63) is 199 Å². The van der Waals surface area contributed by atoms with Crippen molar-refractivity contribution in [3.63, 3.8) is 0 Å². The molecule has 0 radical (unpaired) electrons. The third-order valence-electron chi connectivity index (χ3n) is 12.6. The van der Waals surface area contributed by atoms with Crippen LogP contribution in [0.5, 0.6) is 11.5 Å². The van der Waals surface area contributed by atoms with Crippen molar-refractivity contribution in [2.45, 2.75) is 59.2 Å². The monoisotopic (exact) mass is 1070 g/mol. The number of pyridine rings is 2. The summed E-state index contributed by atoms with van der Waals surface area (Å²) < 4.78 is 36.5. The standard InChI is InChI=1S/C61H49N3OS.Pt/c1-38-37-63-54(36-51(38)40-15-9-8-10-16-40)53-34-46(65-45-27-28-49-48-19-11-12-22-55(48)64(56(49)35-45)57-32-44(29-30-62-57)61(5,6)7)33-52-50-21-14-20-47(58(50)66-59(52)53)42-18-13-17-41(31-42)39-23-25-43(26-24-39)60(2,3)4;/h8-33,36-37H,1-7H3;/q-2;+2/i1D3;. The number of hydrogen-bond acceptors (Lipinski definition) is 4. The van der Waals surface area contributed by atoms with E-state index in [1.807, 2.05) is 48.7 Å². The molecule has 0 unspecified atom stereocenters. The molecule has 0 saturated carbocycles. The SMILES string of the molecule is [2H]C([2H])([2H])c1cnc(-c2[c-]c(Oc3[c-]c4c(cc3)c3ccccc3n4-c3cc(C(C)(C)C)ccn3)cc3c2sc2c(-c4cccc(-c5ccc(C(C)(C)C)cc5)c4)cccc23)cc1-c1ccccc1.[Pt+2]. The number of nitrogens with zero attached hydrogens (tertiary/aromatic N) is 3. The molecule has 0 aliphatic heterocycles. The number of thiophene rings is 1. The number of para-hydroxylation sites is 1. The van der Waals surface area contributed by atoms with Gasteiger partial charge in [0, 0.05) is 38.2 Å². The Labute approximate surface area is 415 Å². The molecule has 4 aromatic heterocycles. The zero-order chi connectivity index (χ0) is 47.8. The molecule has 330 valence electrons. The van der Waals surface area contributed by atoms with E-state index in [9.17, 15) is 0 Å². The molecule has 4 nitrogen and oxygen atoms in total. The van der Waals surface area contributed by atoms with Crippen LogP contribution in [0.2, 0.25) is 0 Å². The molecule has 0 bridgehead atoms. The Morgan fingerprint density at radius 2 is 1.28 bits per heavy atom. The number of ether oxygens (including phenoxy) is 1. The zero-order valence-electron chi connectivity index (χ0n) is 41.1. The molecule has 0 saturated heterocycles. The number of hydrogen-bond donors (Lipinski definition) is 0. The average molecular weight is 1070 g/mol. The van der Waals surface area contributed by atoms with Crippen molar-refractivity contribution < 1.29 is 29.9 Å². The van der Waals surface area contributed by atoms with Gasteiger partial charge in [-0.3, -0.25) is 0 Å². The van der Waals surface area contributed by atoms with Crippen LogP contribution >= 0.6 is 11.3 Å². The molecule has 6 heteroatoms. The molecule has 0 aliphatic rings. The fourth-order valence-corrected chi connectivity index (χ4v) is 10.4. The van der Waals surface area contributed by atoms with Crippen LogP contribution in [0.1, 0.15) is 62.3 Å². The second-order valence-electron chi connectivity index (χ2n) is 19.1. The van der Waals surface area contributed by atoms with Gasteiger partial charge in [-0.1, -0.05) is 180 Å². The van der Waals surface area contributed by atoms with Gasteiger partial charge >= 0.3 is 21.1 Å². The molecule has 7 aromatic carbocycles. The smallest absolute Gasteiger partial charge is 0.503 e. The van der Waals surface area contributed by atoms with Crippen LogP contribution in [0.4, 0.5) is 0 Å². The van der Waals surface area contributed by atoms with E-state index in [0.717, 1.165) is 81.2 Å². The maximum absolute atomic E-state index is 8.47. The van der Waals surface area contributed by atoms with Crippen molar-refractivity contribution in [1.82, 2.24) is 14.5 Å². The van der Waals surface area contributed by atoms with E-state index in [1.165, 1.54) is 17.3 Å². The van der Waals surface area contributed by atoms with Gasteiger partial charge in [0.1, 0.15) is 5.82 Å². The summed E-state index contributed by atoms with van der Waals surface area (Å²) in [5.41, 5.74) is 11.8. The van der Waals surface area contributed by atoms with Gasteiger partial charge in [-0.25, -0.2) is 4.98 Å². The fraction of sp³-hybridized carbons (Fsp3) is 0.148. The van der Waals surface area contributed by atoms with Crippen LogP contribution in [0.3, 0.4) is 0 Å². The van der Waals surface area contributed by atoms with Crippen molar-refractivity contribution in [2.24, 2.45) is 0 Å². The van der Waals surface area contributed by atoms with E-state index < -0.39 is 6.85 Å². The van der Waals surface area contributed by atoms with E-state index in [1.54, 1.807) is 11.3 Å². The molecule has 0 spiro atoms. The van der Waals surface area contributed by atoms with Crippen LogP contribution < -0.4 is 4.74 Å². The molecule has 0 aliphatic carbocycles. The average Bonchev–Trinajstić information content (AvgIpc) is 3.89. The number of aryl methyl sites for hydroxylation is 1. The minimum absolute atomic E-state index is 0. The summed E-state index contributed by atoms with van der Waals surface area (Å²) in [6, 6.07) is 61.6. The van der Waals surface area contributed by atoms with Gasteiger partial charge in [0.05, 0.1) is 0 Å². The van der Waals surface area contributed by atoms with Gasteiger partial charge in [-0.05, 0) is 113 Å². The van der Waals surface area contributed by atoms with Crippen molar-refractivity contribution in [3.8, 4) is 62.0 Å². The molecule has 11 rings (SSSR count). The molecule has 0 amide bonds. The molecule has 0 fully saturated rings. The first-order chi connectivity index (χ1) is 33.1. The van der Waals surface area contributed by atoms with E-state index in [-0.39, 0.29) is 37.5 Å². The van der Waals surface area contributed by atoms with E-state index in [0.29, 0.717) is 22.8 Å². The van der Waals surface area contributed by atoms with Crippen LogP contribution in [0.25, 0.3) is 92.4 Å². The third-order valence-corrected chi connectivity index (χ3v) is 13.9. The molecule has 0 atom stereocenters. The molecular weight excluding hydrogens is 1020 g/mol. The van der Waals surface area contributed by atoms with Gasteiger partial charge in [0.2, 0.25) is 0 Å². The Kier molecular flexibility index (Phi) is 10.4. The first-order valence-corrected chi connectivity index (χ1v) is 23.2. The number of fused-ring (bicyclic) bond motifs is 6. The molecule has 67 heavy (non-hydrogen) atoms. The first kappa shape index (κ1) is 40.6. The molecule has 4 heterocycles. The second kappa shape index (κ2) is 17.2. The van der Waals surface area contributed by atoms with Crippen LogP contribution in [0, 0.1) is 19.0 Å². The minimum atomic E-state index is -2.38. The predicted molar refractivity (Wildman–Crippen MR) is 277 cm³/mol. The van der Waals surface area contributed by atoms with E-state index in [2.05, 4.69) is 174 Å². The normalized spacial score (nSPS) is 12.8. The van der Waals surface area contributed by atoms with Crippen molar-refractivity contribution in [2.75, 3.05) is 0 Å². The quantitative estimate of drug-likeness (QED) is 0.149. The Bertz CT molecular complexity index is 3770. The number of rotatable bonds is 7. The third kappa shape index (κ3) is 8.19. The van der Waals surface area contributed by atoms with Gasteiger partial charge in [0.25, 0.3) is 0 Å². The van der Waals surface area contributed by atoms with Crippen molar-refractivity contribution >= 4 is 53.3 Å². The summed E-state index contributed by atoms with van der Waals surface area (Å²) in [5, 5.41) is 4.18. The van der Waals surface area contributed by atoms with Crippen LogP contribution in [-0.2, 0) is 31.9 Å². The summed E-state index contributed by atoms with van der Waals surface area (Å²) >= 11 is 1.69. The molecule has 0 N–H and O–H groups in total. The zero-order valence-corrected chi connectivity index (χ0v) is 41.2. The van der Waals surface area contributed by atoms with Crippen LogP contribution in [-0.4, -0.2) is 14.5 Å². The predicted octanol–water partition coefficient (Wildman–Crippen LogP) is 16.9. The maximum atomic E-state index is 8.47. The Hall–Kier alpha value is -6.65. The summed E-state index contributed by atoms with van der Waals surface area (Å²) in [7, 11) is 0. The Morgan fingerprint density at radius 1 is 0.552 bits per heavy atom. The summed E-state index contributed by atoms with van der Waals surface area (Å²) in [6.07, 6.45) is 3.38. The van der Waals surface area contributed by atoms with Crippen molar-refractivity contribution in [1.29, 1.82) is 0 Å². The summed E-state index contributed by atoms with van der Waals surface area (Å²) in [4.78, 5) is 9.77. The Morgan fingerprint density at radius 3 is 2.07 bits per heavy atom. The maximum Gasteiger partial charge on any atom is 2.00 e. The second-order valence-corrected chi connectivity index (χ2v) is 20.1.